The number of likely N-dealkylation sites (N-methyl/N-ethyl adjacent to an activating group) is 1. The van der Waals surface area contributed by atoms with E-state index in [2.05, 4.69) is 4.98 Å². The van der Waals surface area contributed by atoms with Crippen molar-refractivity contribution >= 4 is 33.2 Å². The molecule has 2 aliphatic rings. The number of methoxy groups -OCH3 is 2. The lowest BCUT2D eigenvalue weighted by atomic mass is 9.80. The molecular weight excluding hydrogens is 632 g/mol. The van der Waals surface area contributed by atoms with Crippen molar-refractivity contribution < 1.29 is 32.2 Å². The highest BCUT2D eigenvalue weighted by Gasteiger charge is 2.62. The van der Waals surface area contributed by atoms with Crippen LogP contribution in [0.2, 0.25) is 5.02 Å². The number of anilines is 1. The molecule has 1 amide bonds. The van der Waals surface area contributed by atoms with Gasteiger partial charge in [0.1, 0.15) is 17.8 Å². The maximum atomic E-state index is 15.4. The van der Waals surface area contributed by atoms with E-state index < -0.39 is 27.5 Å². The number of amides is 1. The van der Waals surface area contributed by atoms with E-state index >= 15 is 4.79 Å². The maximum Gasteiger partial charge on any atom is 0.271 e. The van der Waals surface area contributed by atoms with Crippen LogP contribution < -0.4 is 13.8 Å². The Morgan fingerprint density at radius 2 is 1.87 bits per heavy atom. The van der Waals surface area contributed by atoms with Crippen molar-refractivity contribution in [1.29, 1.82) is 0 Å². The van der Waals surface area contributed by atoms with Crippen LogP contribution in [0.1, 0.15) is 41.5 Å². The number of oxazole rings is 1. The number of carbonyl (C=O) groups is 1. The zero-order valence-corrected chi connectivity index (χ0v) is 27.3. The van der Waals surface area contributed by atoms with Gasteiger partial charge in [-0.2, -0.15) is 0 Å². The molecule has 0 spiro atoms. The van der Waals surface area contributed by atoms with Crippen molar-refractivity contribution in [2.75, 3.05) is 45.3 Å². The monoisotopic (exact) mass is 666 g/mol. The summed E-state index contributed by atoms with van der Waals surface area (Å²) >= 11 is 6.65. The zero-order chi connectivity index (χ0) is 32.6. The van der Waals surface area contributed by atoms with Crippen molar-refractivity contribution in [3.05, 3.63) is 101 Å². The summed E-state index contributed by atoms with van der Waals surface area (Å²) in [5, 5.41) is 9.85. The molecule has 0 radical (unpaired) electrons. The van der Waals surface area contributed by atoms with Gasteiger partial charge in [0.25, 0.3) is 15.9 Å². The van der Waals surface area contributed by atoms with Gasteiger partial charge in [-0.3, -0.25) is 14.6 Å². The molecule has 1 aromatic heterocycles. The minimum Gasteiger partial charge on any atom is -0.497 e. The molecule has 2 aliphatic heterocycles. The number of ether oxygens (including phenoxy) is 2. The third-order valence-corrected chi connectivity index (χ3v) is 10.6. The highest BCUT2D eigenvalue weighted by Crippen LogP contribution is 2.56. The molecule has 6 rings (SSSR count). The summed E-state index contributed by atoms with van der Waals surface area (Å²) in [6.45, 7) is 1.31. The first-order valence-corrected chi connectivity index (χ1v) is 16.6. The SMILES string of the molecule is COc1ccc(S(=O)(=O)N2C(=O)C(c3cc(CN(C)CCO)ccc3OC)(N3CCC[C@H]3c3ncco3)c3cc(Cl)ccc32)cc1. The van der Waals surface area contributed by atoms with E-state index in [9.17, 15) is 13.5 Å². The molecule has 0 saturated carbocycles. The highest BCUT2D eigenvalue weighted by atomic mass is 35.5. The average molecular weight is 667 g/mol. The Balaban J connectivity index is 1.64. The molecule has 0 aliphatic carbocycles. The summed E-state index contributed by atoms with van der Waals surface area (Å²) in [6, 6.07) is 15.8. The summed E-state index contributed by atoms with van der Waals surface area (Å²) in [7, 11) is 0.459. The number of benzene rings is 3. The van der Waals surface area contributed by atoms with Crippen molar-refractivity contribution in [3.63, 3.8) is 0 Å². The molecule has 242 valence electrons. The number of aliphatic hydroxyl groups excluding tert-OH is 1. The lowest BCUT2D eigenvalue weighted by molar-refractivity contribution is -0.127. The largest absolute Gasteiger partial charge is 0.497 e. The standard InChI is InChI=1S/C33H35ClN4O7S/c1-36(16-17-39)21-22-6-13-30(44-3)27(19-22)33(37-15-4-5-29(37)31-35-14-18-45-31)26-20-23(34)7-12-28(26)38(32(33)40)46(41,42)25-10-8-24(43-2)9-11-25/h6-14,18-20,29,39H,4-5,15-17,21H2,1-3H3/t29-,33?/m0/s1. The molecule has 1 N–H and O–H groups in total. The van der Waals surface area contributed by atoms with Crippen molar-refractivity contribution in [1.82, 2.24) is 14.8 Å². The Morgan fingerprint density at radius 3 is 2.54 bits per heavy atom. The van der Waals surface area contributed by atoms with Gasteiger partial charge in [-0.25, -0.2) is 17.7 Å². The highest BCUT2D eigenvalue weighted by molar-refractivity contribution is 7.93. The molecule has 2 atom stereocenters. The predicted octanol–water partition coefficient (Wildman–Crippen LogP) is 4.59. The van der Waals surface area contributed by atoms with Crippen LogP contribution in [0, 0.1) is 0 Å². The first-order valence-electron chi connectivity index (χ1n) is 14.8. The second-order valence-corrected chi connectivity index (χ2v) is 13.6. The number of hydrogen-bond acceptors (Lipinski definition) is 10. The van der Waals surface area contributed by atoms with Gasteiger partial charge in [-0.15, -0.1) is 0 Å². The molecule has 3 heterocycles. The third-order valence-electron chi connectivity index (χ3n) is 8.67. The minimum absolute atomic E-state index is 0.0163. The van der Waals surface area contributed by atoms with Gasteiger partial charge in [0.15, 0.2) is 5.54 Å². The lowest BCUT2D eigenvalue weighted by Gasteiger charge is -2.41. The van der Waals surface area contributed by atoms with Gasteiger partial charge in [0, 0.05) is 35.8 Å². The van der Waals surface area contributed by atoms with Gasteiger partial charge in [-0.05, 0) is 80.1 Å². The number of sulfonamides is 1. The summed E-state index contributed by atoms with van der Waals surface area (Å²) < 4.78 is 46.8. The zero-order valence-electron chi connectivity index (χ0n) is 25.7. The molecular formula is C33H35ClN4O7S. The summed E-state index contributed by atoms with van der Waals surface area (Å²) in [5.74, 6) is 0.599. The molecule has 4 aromatic rings. The Bertz CT molecular complexity index is 1840. The fraction of sp³-hybridized carbons (Fsp3) is 0.333. The number of aliphatic hydroxyl groups is 1. The topological polar surface area (TPSA) is 126 Å². The number of nitrogens with zero attached hydrogens (tertiary/aromatic N) is 4. The number of halogens is 1. The smallest absolute Gasteiger partial charge is 0.271 e. The van der Waals surface area contributed by atoms with Crippen molar-refractivity contribution in [3.8, 4) is 11.5 Å². The average Bonchev–Trinajstić information content (AvgIpc) is 3.80. The predicted molar refractivity (Wildman–Crippen MR) is 171 cm³/mol. The van der Waals surface area contributed by atoms with Crippen LogP contribution in [0.5, 0.6) is 11.5 Å². The normalized spacial score (nSPS) is 20.0. The van der Waals surface area contributed by atoms with E-state index in [-0.39, 0.29) is 17.2 Å². The molecule has 13 heteroatoms. The number of fused-ring (bicyclic) bond motifs is 1. The van der Waals surface area contributed by atoms with Gasteiger partial charge < -0.3 is 19.0 Å². The molecule has 3 aromatic carbocycles. The van der Waals surface area contributed by atoms with Crippen LogP contribution in [-0.2, 0) is 26.9 Å². The second kappa shape index (κ2) is 12.7. The van der Waals surface area contributed by atoms with E-state index in [4.69, 9.17) is 25.5 Å². The fourth-order valence-electron chi connectivity index (χ4n) is 6.65. The Kier molecular flexibility index (Phi) is 8.83. The van der Waals surface area contributed by atoms with Crippen LogP contribution in [0.15, 0.2) is 82.4 Å². The van der Waals surface area contributed by atoms with Gasteiger partial charge in [0.05, 0.1) is 43.6 Å². The Hall–Kier alpha value is -3.94. The number of hydrogen-bond donors (Lipinski definition) is 1. The van der Waals surface area contributed by atoms with E-state index in [1.807, 2.05) is 29.0 Å². The van der Waals surface area contributed by atoms with Gasteiger partial charge in [0.2, 0.25) is 5.89 Å². The van der Waals surface area contributed by atoms with Crippen molar-refractivity contribution in [2.24, 2.45) is 0 Å². The number of aromatic nitrogens is 1. The van der Waals surface area contributed by atoms with E-state index in [0.717, 1.165) is 9.87 Å². The first-order chi connectivity index (χ1) is 22.2. The second-order valence-electron chi connectivity index (χ2n) is 11.3. The van der Waals surface area contributed by atoms with Crippen LogP contribution in [-0.4, -0.2) is 75.2 Å². The lowest BCUT2D eigenvalue weighted by Crippen LogP contribution is -2.54. The Morgan fingerprint density at radius 1 is 1.09 bits per heavy atom. The van der Waals surface area contributed by atoms with Crippen molar-refractivity contribution in [2.45, 2.75) is 35.9 Å². The first kappa shape index (κ1) is 32.0. The molecule has 46 heavy (non-hydrogen) atoms. The van der Waals surface area contributed by atoms with Crippen LogP contribution >= 0.6 is 11.6 Å². The third kappa shape index (κ3) is 5.23. The van der Waals surface area contributed by atoms with Gasteiger partial charge >= 0.3 is 0 Å². The number of rotatable bonds is 11. The summed E-state index contributed by atoms with van der Waals surface area (Å²) in [5.41, 5.74) is 0.190. The number of likely N-dealkylation sites (tertiary alicyclic amines) is 1. The van der Waals surface area contributed by atoms with E-state index in [1.54, 1.807) is 30.5 Å². The molecule has 1 fully saturated rings. The van der Waals surface area contributed by atoms with Gasteiger partial charge in [-0.1, -0.05) is 17.7 Å². The minimum atomic E-state index is -4.43. The molecule has 1 unspecified atom stereocenters. The fourth-order valence-corrected chi connectivity index (χ4v) is 8.28. The molecule has 11 nitrogen and oxygen atoms in total. The number of carbonyl (C=O) groups excluding carboxylic acids is 1. The molecule has 0 bridgehead atoms. The van der Waals surface area contributed by atoms with Crippen LogP contribution in [0.4, 0.5) is 5.69 Å². The quantitative estimate of drug-likeness (QED) is 0.243. The van der Waals surface area contributed by atoms with E-state index in [1.165, 1.54) is 44.7 Å². The maximum absolute atomic E-state index is 15.4. The van der Waals surface area contributed by atoms with Crippen LogP contribution in [0.25, 0.3) is 0 Å². The Labute approximate surface area is 273 Å². The summed E-state index contributed by atoms with van der Waals surface area (Å²) in [4.78, 5) is 23.7. The summed E-state index contributed by atoms with van der Waals surface area (Å²) in [6.07, 6.45) is 4.36. The van der Waals surface area contributed by atoms with Crippen LogP contribution in [0.3, 0.4) is 0 Å². The molecule has 1 saturated heterocycles. The van der Waals surface area contributed by atoms with E-state index in [0.29, 0.717) is 66.0 Å².